The van der Waals surface area contributed by atoms with Gasteiger partial charge in [0.05, 0.1) is 30.8 Å². The van der Waals surface area contributed by atoms with Crippen LogP contribution in [0.4, 0.5) is 5.69 Å². The predicted octanol–water partition coefficient (Wildman–Crippen LogP) is -1.77. The molecule has 2 aliphatic heterocycles. The van der Waals surface area contributed by atoms with E-state index in [1.165, 1.54) is 6.07 Å². The lowest BCUT2D eigenvalue weighted by atomic mass is 9.99. The summed E-state index contributed by atoms with van der Waals surface area (Å²) in [6.45, 7) is 3.51. The zero-order chi connectivity index (χ0) is 24.0. The Morgan fingerprint density at radius 3 is 2.61 bits per heavy atom. The van der Waals surface area contributed by atoms with Crippen molar-refractivity contribution in [2.75, 3.05) is 46.0 Å². The molecule has 13 nitrogen and oxygen atoms in total. The lowest BCUT2D eigenvalue weighted by Crippen LogP contribution is -2.60. The minimum absolute atomic E-state index is 0.0416. The summed E-state index contributed by atoms with van der Waals surface area (Å²) >= 11 is 0. The smallest absolute Gasteiger partial charge is 0.273 e. The van der Waals surface area contributed by atoms with E-state index in [9.17, 15) is 30.2 Å². The largest absolute Gasteiger partial charge is 0.482 e. The number of rotatable bonds is 9. The molecule has 13 heteroatoms. The highest BCUT2D eigenvalue weighted by Crippen LogP contribution is 2.28. The first-order chi connectivity index (χ1) is 15.8. The number of benzene rings is 1. The number of hydrogen-bond donors (Lipinski definition) is 5. The van der Waals surface area contributed by atoms with Crippen LogP contribution in [0.3, 0.4) is 0 Å². The molecule has 5 atom stereocenters. The molecule has 2 heterocycles. The Kier molecular flexibility index (Phi) is 8.91. The predicted molar refractivity (Wildman–Crippen MR) is 112 cm³/mol. The zero-order valence-corrected chi connectivity index (χ0v) is 17.9. The van der Waals surface area contributed by atoms with Gasteiger partial charge in [-0.25, -0.2) is 0 Å². The van der Waals surface area contributed by atoms with Gasteiger partial charge >= 0.3 is 0 Å². The molecule has 1 aromatic rings. The van der Waals surface area contributed by atoms with Gasteiger partial charge in [-0.2, -0.15) is 0 Å². The van der Waals surface area contributed by atoms with Gasteiger partial charge in [-0.15, -0.1) is 0 Å². The fourth-order valence-corrected chi connectivity index (χ4v) is 3.68. The quantitative estimate of drug-likeness (QED) is 0.156. The Hall–Kier alpha value is -2.39. The minimum Gasteiger partial charge on any atom is -0.482 e. The Morgan fingerprint density at radius 2 is 1.94 bits per heavy atom. The van der Waals surface area contributed by atoms with E-state index in [2.05, 4.69) is 10.2 Å². The first-order valence-electron chi connectivity index (χ1n) is 10.6. The minimum atomic E-state index is -1.72. The highest BCUT2D eigenvalue weighted by Gasteiger charge is 2.45. The van der Waals surface area contributed by atoms with E-state index in [4.69, 9.17) is 19.3 Å². The van der Waals surface area contributed by atoms with E-state index >= 15 is 0 Å². The van der Waals surface area contributed by atoms with Crippen molar-refractivity contribution in [3.63, 3.8) is 0 Å². The van der Waals surface area contributed by atoms with Gasteiger partial charge in [0.25, 0.3) is 11.6 Å². The Morgan fingerprint density at radius 1 is 1.21 bits per heavy atom. The van der Waals surface area contributed by atoms with E-state index in [0.717, 1.165) is 31.8 Å². The highest BCUT2D eigenvalue weighted by molar-refractivity contribution is 5.95. The highest BCUT2D eigenvalue weighted by atomic mass is 16.7. The van der Waals surface area contributed by atoms with Crippen molar-refractivity contribution in [3.8, 4) is 5.75 Å². The average Bonchev–Trinajstić information content (AvgIpc) is 2.82. The van der Waals surface area contributed by atoms with Crippen LogP contribution in [0, 0.1) is 10.1 Å². The van der Waals surface area contributed by atoms with Crippen LogP contribution in [-0.2, 0) is 9.47 Å². The molecule has 2 fully saturated rings. The molecule has 184 valence electrons. The molecule has 2 aliphatic rings. The SMILES string of the molecule is O=C(NCCCN1CCOCC1)c1cc(O[C@H]2C(O)O[C@H](CO)[C@H](O)[C@@H]2O)cc([N+](=O)[O-])c1. The van der Waals surface area contributed by atoms with Gasteiger partial charge in [0, 0.05) is 31.3 Å². The van der Waals surface area contributed by atoms with Gasteiger partial charge in [-0.1, -0.05) is 0 Å². The summed E-state index contributed by atoms with van der Waals surface area (Å²) in [7, 11) is 0. The number of morpholine rings is 1. The van der Waals surface area contributed by atoms with Crippen LogP contribution < -0.4 is 10.1 Å². The number of carbonyl (C=O) groups excluding carboxylic acids is 1. The van der Waals surface area contributed by atoms with Crippen LogP contribution in [0.1, 0.15) is 16.8 Å². The maximum Gasteiger partial charge on any atom is 0.273 e. The number of ether oxygens (including phenoxy) is 3. The second kappa shape index (κ2) is 11.7. The number of nitrogens with zero attached hydrogens (tertiary/aromatic N) is 2. The number of aliphatic hydroxyl groups excluding tert-OH is 4. The van der Waals surface area contributed by atoms with Gasteiger partial charge in [0.2, 0.25) is 0 Å². The number of non-ortho nitro benzene ring substituents is 1. The number of nitro groups is 1. The molecule has 1 aromatic carbocycles. The van der Waals surface area contributed by atoms with E-state index in [1.54, 1.807) is 0 Å². The van der Waals surface area contributed by atoms with Gasteiger partial charge in [0.15, 0.2) is 12.4 Å². The molecule has 0 aliphatic carbocycles. The van der Waals surface area contributed by atoms with Crippen LogP contribution >= 0.6 is 0 Å². The van der Waals surface area contributed by atoms with Crippen molar-refractivity contribution < 1.29 is 44.4 Å². The summed E-state index contributed by atoms with van der Waals surface area (Å²) in [6.07, 6.45) is -6.98. The molecular weight excluding hydrogens is 442 g/mol. The molecule has 0 saturated carbocycles. The van der Waals surface area contributed by atoms with Gasteiger partial charge in [-0.05, 0) is 19.0 Å². The molecule has 5 N–H and O–H groups in total. The summed E-state index contributed by atoms with van der Waals surface area (Å²) in [6, 6.07) is 3.35. The van der Waals surface area contributed by atoms with E-state index in [0.29, 0.717) is 26.2 Å². The summed E-state index contributed by atoms with van der Waals surface area (Å²) in [5.41, 5.74) is -0.472. The van der Waals surface area contributed by atoms with Crippen LogP contribution in [0.25, 0.3) is 0 Å². The van der Waals surface area contributed by atoms with Crippen molar-refractivity contribution in [2.45, 2.75) is 37.1 Å². The number of carbonyl (C=O) groups is 1. The molecule has 0 bridgehead atoms. The van der Waals surface area contributed by atoms with Crippen molar-refractivity contribution >= 4 is 11.6 Å². The van der Waals surface area contributed by atoms with Gasteiger partial charge in [-0.3, -0.25) is 19.8 Å². The van der Waals surface area contributed by atoms with E-state index in [1.807, 2.05) is 0 Å². The molecular formula is C20H29N3O10. The second-order valence-electron chi connectivity index (χ2n) is 7.85. The number of hydrogen-bond acceptors (Lipinski definition) is 11. The molecule has 0 aromatic heterocycles. The van der Waals surface area contributed by atoms with Crippen LogP contribution in [0.5, 0.6) is 5.75 Å². The fraction of sp³-hybridized carbons (Fsp3) is 0.650. The molecule has 1 unspecified atom stereocenters. The maximum absolute atomic E-state index is 12.6. The third kappa shape index (κ3) is 6.57. The number of nitro benzene ring substituents is 1. The van der Waals surface area contributed by atoms with Gasteiger partial charge in [0.1, 0.15) is 24.1 Å². The number of nitrogens with one attached hydrogen (secondary N) is 1. The van der Waals surface area contributed by atoms with Crippen LogP contribution in [0.2, 0.25) is 0 Å². The van der Waals surface area contributed by atoms with Crippen LogP contribution in [-0.4, -0.2) is 113 Å². The molecule has 0 spiro atoms. The lowest BCUT2D eigenvalue weighted by molar-refractivity contribution is -0.385. The summed E-state index contributed by atoms with van der Waals surface area (Å²) in [5, 5.41) is 53.5. The summed E-state index contributed by atoms with van der Waals surface area (Å²) < 4.78 is 15.8. The lowest BCUT2D eigenvalue weighted by Gasteiger charge is -2.39. The number of aliphatic hydroxyl groups is 4. The Labute approximate surface area is 189 Å². The third-order valence-electron chi connectivity index (χ3n) is 5.52. The standard InChI is InChI=1S/C20H29N3O10/c24-11-15-16(25)17(26)18(20(28)33-15)32-14-9-12(8-13(10-14)23(29)30)19(27)21-2-1-3-22-4-6-31-7-5-22/h8-10,15-18,20,24-26,28H,1-7,11H2,(H,21,27)/t15-,16+,17+,18-,20?/m1/s1. The molecule has 3 rings (SSSR count). The average molecular weight is 471 g/mol. The first kappa shape index (κ1) is 25.2. The molecule has 33 heavy (non-hydrogen) atoms. The van der Waals surface area contributed by atoms with Crippen LogP contribution in [0.15, 0.2) is 18.2 Å². The molecule has 2 saturated heterocycles. The third-order valence-corrected chi connectivity index (χ3v) is 5.52. The number of amides is 1. The summed E-state index contributed by atoms with van der Waals surface area (Å²) in [5.74, 6) is -0.726. The van der Waals surface area contributed by atoms with Crippen molar-refractivity contribution in [1.29, 1.82) is 0 Å². The Balaban J connectivity index is 1.65. The second-order valence-corrected chi connectivity index (χ2v) is 7.85. The normalized spacial score (nSPS) is 28.3. The molecule has 0 radical (unpaired) electrons. The topological polar surface area (TPSA) is 184 Å². The first-order valence-corrected chi connectivity index (χ1v) is 10.6. The monoisotopic (exact) mass is 471 g/mol. The summed E-state index contributed by atoms with van der Waals surface area (Å²) in [4.78, 5) is 25.4. The van der Waals surface area contributed by atoms with Crippen molar-refractivity contribution in [3.05, 3.63) is 33.9 Å². The Bertz CT molecular complexity index is 819. The van der Waals surface area contributed by atoms with Crippen molar-refractivity contribution in [2.24, 2.45) is 0 Å². The van der Waals surface area contributed by atoms with Crippen molar-refractivity contribution in [1.82, 2.24) is 10.2 Å². The van der Waals surface area contributed by atoms with Gasteiger partial charge < -0.3 is 40.0 Å². The van der Waals surface area contributed by atoms with E-state index < -0.39 is 53.8 Å². The maximum atomic E-state index is 12.6. The molecule has 1 amide bonds. The van der Waals surface area contributed by atoms with E-state index in [-0.39, 0.29) is 11.3 Å². The zero-order valence-electron chi connectivity index (χ0n) is 17.9. The fourth-order valence-electron chi connectivity index (χ4n) is 3.68.